The Morgan fingerprint density at radius 1 is 0.848 bits per heavy atom. The standard InChI is InChI=1S/C25H17Cl3N2O3/c26-20-14-22(28)21(27)13-19(20)23-12-11-18(33-23)15-29-30-24(31)25(32,16-7-3-1-4-8-16)17-9-5-2-6-10-17/h1-15,32H,(H,30,31). The molecule has 166 valence electrons. The molecular formula is C25H17Cl3N2O3. The number of nitrogens with one attached hydrogen (secondary N) is 1. The molecule has 0 spiro atoms. The van der Waals surface area contributed by atoms with Crippen LogP contribution in [0.3, 0.4) is 0 Å². The lowest BCUT2D eigenvalue weighted by Crippen LogP contribution is -2.43. The zero-order valence-corrected chi connectivity index (χ0v) is 19.3. The maximum Gasteiger partial charge on any atom is 0.281 e. The van der Waals surface area contributed by atoms with E-state index in [1.54, 1.807) is 78.9 Å². The lowest BCUT2D eigenvalue weighted by molar-refractivity contribution is -0.136. The van der Waals surface area contributed by atoms with Crippen molar-refractivity contribution in [1.82, 2.24) is 5.43 Å². The van der Waals surface area contributed by atoms with Crippen LogP contribution in [-0.2, 0) is 10.4 Å². The first-order chi connectivity index (χ1) is 15.9. The average molecular weight is 500 g/mol. The normalized spacial score (nSPS) is 11.6. The number of amides is 1. The molecule has 5 nitrogen and oxygen atoms in total. The van der Waals surface area contributed by atoms with Crippen LogP contribution < -0.4 is 5.43 Å². The van der Waals surface area contributed by atoms with Gasteiger partial charge in [0.2, 0.25) is 0 Å². The Morgan fingerprint density at radius 3 is 2.03 bits per heavy atom. The first-order valence-electron chi connectivity index (χ1n) is 9.81. The summed E-state index contributed by atoms with van der Waals surface area (Å²) in [5, 5.41) is 16.4. The lowest BCUT2D eigenvalue weighted by atomic mass is 9.85. The summed E-state index contributed by atoms with van der Waals surface area (Å²) >= 11 is 18.3. The summed E-state index contributed by atoms with van der Waals surface area (Å²) in [7, 11) is 0. The fourth-order valence-electron chi connectivity index (χ4n) is 3.30. The molecule has 0 aliphatic carbocycles. The number of hydrazone groups is 1. The number of hydrogen-bond acceptors (Lipinski definition) is 4. The van der Waals surface area contributed by atoms with Crippen molar-refractivity contribution in [2.45, 2.75) is 5.60 Å². The van der Waals surface area contributed by atoms with Crippen LogP contribution in [0.25, 0.3) is 11.3 Å². The van der Waals surface area contributed by atoms with E-state index in [1.165, 1.54) is 12.3 Å². The second-order valence-corrected chi connectivity index (χ2v) is 8.31. The number of carbonyl (C=O) groups is 1. The minimum Gasteiger partial charge on any atom is -0.455 e. The van der Waals surface area contributed by atoms with Crippen molar-refractivity contribution in [3.8, 4) is 11.3 Å². The highest BCUT2D eigenvalue weighted by atomic mass is 35.5. The number of halogens is 3. The highest BCUT2D eigenvalue weighted by Gasteiger charge is 2.39. The zero-order valence-electron chi connectivity index (χ0n) is 17.0. The molecule has 0 unspecified atom stereocenters. The molecule has 0 aliphatic heterocycles. The van der Waals surface area contributed by atoms with E-state index in [0.29, 0.717) is 43.3 Å². The van der Waals surface area contributed by atoms with Crippen molar-refractivity contribution in [2.75, 3.05) is 0 Å². The number of furan rings is 1. The van der Waals surface area contributed by atoms with Crippen molar-refractivity contribution >= 4 is 46.9 Å². The van der Waals surface area contributed by atoms with Gasteiger partial charge in [-0.05, 0) is 35.4 Å². The Hall–Kier alpha value is -3.09. The largest absolute Gasteiger partial charge is 0.455 e. The van der Waals surface area contributed by atoms with Gasteiger partial charge in [-0.15, -0.1) is 0 Å². The van der Waals surface area contributed by atoms with Crippen LogP contribution in [0.4, 0.5) is 0 Å². The second kappa shape index (κ2) is 9.81. The molecule has 8 heteroatoms. The van der Waals surface area contributed by atoms with Crippen LogP contribution >= 0.6 is 34.8 Å². The van der Waals surface area contributed by atoms with Crippen molar-refractivity contribution in [3.05, 3.63) is 117 Å². The van der Waals surface area contributed by atoms with Gasteiger partial charge < -0.3 is 9.52 Å². The minimum absolute atomic E-state index is 0.339. The van der Waals surface area contributed by atoms with E-state index >= 15 is 0 Å². The van der Waals surface area contributed by atoms with E-state index in [2.05, 4.69) is 10.5 Å². The Kier molecular flexibility index (Phi) is 6.86. The molecule has 4 aromatic rings. The van der Waals surface area contributed by atoms with E-state index in [1.807, 2.05) is 0 Å². The maximum absolute atomic E-state index is 13.0. The summed E-state index contributed by atoms with van der Waals surface area (Å²) in [6.45, 7) is 0. The van der Waals surface area contributed by atoms with E-state index in [-0.39, 0.29) is 0 Å². The summed E-state index contributed by atoms with van der Waals surface area (Å²) in [6.07, 6.45) is 1.32. The molecule has 0 radical (unpaired) electrons. The number of nitrogens with zero attached hydrogens (tertiary/aromatic N) is 1. The Labute approximate surface area is 205 Å². The van der Waals surface area contributed by atoms with Gasteiger partial charge in [-0.25, -0.2) is 5.43 Å². The van der Waals surface area contributed by atoms with Gasteiger partial charge in [-0.2, -0.15) is 5.10 Å². The van der Waals surface area contributed by atoms with E-state index in [9.17, 15) is 9.90 Å². The summed E-state index contributed by atoms with van der Waals surface area (Å²) in [4.78, 5) is 13.0. The quantitative estimate of drug-likeness (QED) is 0.186. The molecule has 1 amide bonds. The summed E-state index contributed by atoms with van der Waals surface area (Å²) in [6, 6.07) is 23.8. The number of benzene rings is 3. The first-order valence-corrected chi connectivity index (χ1v) is 10.9. The van der Waals surface area contributed by atoms with Crippen LogP contribution in [0.5, 0.6) is 0 Å². The SMILES string of the molecule is O=C(NN=Cc1ccc(-c2cc(Cl)c(Cl)cc2Cl)o1)C(O)(c1ccccc1)c1ccccc1. The van der Waals surface area contributed by atoms with Crippen molar-refractivity contribution in [2.24, 2.45) is 5.10 Å². The molecule has 0 atom stereocenters. The van der Waals surface area contributed by atoms with E-state index in [4.69, 9.17) is 39.2 Å². The smallest absolute Gasteiger partial charge is 0.281 e. The number of rotatable bonds is 6. The Balaban J connectivity index is 1.56. The van der Waals surface area contributed by atoms with Gasteiger partial charge in [-0.1, -0.05) is 95.5 Å². The van der Waals surface area contributed by atoms with Gasteiger partial charge in [0.05, 0.1) is 21.3 Å². The summed E-state index contributed by atoms with van der Waals surface area (Å²) < 4.78 is 5.73. The second-order valence-electron chi connectivity index (χ2n) is 7.09. The lowest BCUT2D eigenvalue weighted by Gasteiger charge is -2.26. The molecule has 3 aromatic carbocycles. The molecule has 0 saturated heterocycles. The van der Waals surface area contributed by atoms with Crippen LogP contribution in [0.15, 0.2) is 94.4 Å². The van der Waals surface area contributed by atoms with Gasteiger partial charge in [0, 0.05) is 5.56 Å². The molecule has 1 heterocycles. The molecule has 1 aromatic heterocycles. The van der Waals surface area contributed by atoms with Gasteiger partial charge in [0.15, 0.2) is 5.60 Å². The Morgan fingerprint density at radius 2 is 1.42 bits per heavy atom. The molecule has 0 bridgehead atoms. The van der Waals surface area contributed by atoms with E-state index < -0.39 is 11.5 Å². The number of hydrogen-bond donors (Lipinski definition) is 2. The fraction of sp³-hybridized carbons (Fsp3) is 0.0400. The Bertz CT molecular complexity index is 1270. The van der Waals surface area contributed by atoms with Gasteiger partial charge in [-0.3, -0.25) is 4.79 Å². The monoisotopic (exact) mass is 498 g/mol. The number of aliphatic hydroxyl groups is 1. The average Bonchev–Trinajstić information content (AvgIpc) is 3.30. The predicted octanol–water partition coefficient (Wildman–Crippen LogP) is 6.29. The maximum atomic E-state index is 13.0. The third-order valence-corrected chi connectivity index (χ3v) is 6.01. The topological polar surface area (TPSA) is 74.8 Å². The molecule has 2 N–H and O–H groups in total. The highest BCUT2D eigenvalue weighted by molar-refractivity contribution is 6.44. The van der Waals surface area contributed by atoms with Crippen LogP contribution in [0.2, 0.25) is 15.1 Å². The summed E-state index contributed by atoms with van der Waals surface area (Å²) in [5.41, 5.74) is 1.87. The molecule has 0 fully saturated rings. The van der Waals surface area contributed by atoms with Gasteiger partial charge in [0.25, 0.3) is 5.91 Å². The molecular weight excluding hydrogens is 483 g/mol. The van der Waals surface area contributed by atoms with E-state index in [0.717, 1.165) is 0 Å². The predicted molar refractivity (Wildman–Crippen MR) is 131 cm³/mol. The zero-order chi connectivity index (χ0) is 23.4. The van der Waals surface area contributed by atoms with Crippen LogP contribution in [0.1, 0.15) is 16.9 Å². The molecule has 0 aliphatic rings. The van der Waals surface area contributed by atoms with Crippen molar-refractivity contribution < 1.29 is 14.3 Å². The van der Waals surface area contributed by atoms with Gasteiger partial charge >= 0.3 is 0 Å². The molecule has 0 saturated carbocycles. The van der Waals surface area contributed by atoms with Crippen molar-refractivity contribution in [3.63, 3.8) is 0 Å². The highest BCUT2D eigenvalue weighted by Crippen LogP contribution is 2.36. The third kappa shape index (κ3) is 4.82. The number of carbonyl (C=O) groups excluding carboxylic acids is 1. The first kappa shape index (κ1) is 23.1. The van der Waals surface area contributed by atoms with Crippen LogP contribution in [0, 0.1) is 0 Å². The summed E-state index contributed by atoms with van der Waals surface area (Å²) in [5.74, 6) is 0.0993. The molecule has 4 rings (SSSR count). The molecule has 33 heavy (non-hydrogen) atoms. The third-order valence-electron chi connectivity index (χ3n) is 4.97. The van der Waals surface area contributed by atoms with Gasteiger partial charge in [0.1, 0.15) is 11.5 Å². The van der Waals surface area contributed by atoms with Crippen LogP contribution in [-0.4, -0.2) is 17.2 Å². The minimum atomic E-state index is -1.93. The fourth-order valence-corrected chi connectivity index (χ4v) is 3.94. The van der Waals surface area contributed by atoms with Crippen molar-refractivity contribution in [1.29, 1.82) is 0 Å².